The minimum atomic E-state index is -3.31. The number of fused-ring (bicyclic) bond motifs is 1. The third kappa shape index (κ3) is 5.05. The number of nitrogens with zero attached hydrogens (tertiary/aromatic N) is 1. The summed E-state index contributed by atoms with van der Waals surface area (Å²) in [6, 6.07) is 11.1. The number of amides is 2. The molecule has 0 fully saturated rings. The van der Waals surface area contributed by atoms with E-state index in [1.807, 2.05) is 0 Å². The van der Waals surface area contributed by atoms with E-state index in [0.717, 1.165) is 5.56 Å². The highest BCUT2D eigenvalue weighted by Crippen LogP contribution is 2.30. The summed E-state index contributed by atoms with van der Waals surface area (Å²) in [7, 11) is -3.31. The molecular formula is C20H23N3O5S. The molecule has 0 saturated heterocycles. The van der Waals surface area contributed by atoms with Gasteiger partial charge in [-0.2, -0.15) is 0 Å². The lowest BCUT2D eigenvalue weighted by molar-refractivity contribution is 0.0951. The van der Waals surface area contributed by atoms with Gasteiger partial charge in [0.15, 0.2) is 0 Å². The van der Waals surface area contributed by atoms with E-state index in [4.69, 9.17) is 0 Å². The third-order valence-corrected chi connectivity index (χ3v) is 5.81. The average Bonchev–Trinajstić information content (AvgIpc) is 3.11. The van der Waals surface area contributed by atoms with Gasteiger partial charge in [-0.15, -0.1) is 0 Å². The lowest BCUT2D eigenvalue weighted by Crippen LogP contribution is -2.30. The van der Waals surface area contributed by atoms with Crippen LogP contribution in [0.25, 0.3) is 0 Å². The number of sulfonamides is 1. The molecule has 0 atom stereocenters. The van der Waals surface area contributed by atoms with Crippen LogP contribution in [0.3, 0.4) is 0 Å². The molecule has 29 heavy (non-hydrogen) atoms. The van der Waals surface area contributed by atoms with Crippen molar-refractivity contribution in [1.82, 2.24) is 10.6 Å². The van der Waals surface area contributed by atoms with Gasteiger partial charge in [0, 0.05) is 30.8 Å². The normalized spacial score (nSPS) is 13.1. The number of hydrogen-bond donors (Lipinski definition) is 3. The summed E-state index contributed by atoms with van der Waals surface area (Å²) in [5.74, 6) is -0.509. The first-order valence-electron chi connectivity index (χ1n) is 9.22. The van der Waals surface area contributed by atoms with Crippen LogP contribution in [0.15, 0.2) is 42.5 Å². The van der Waals surface area contributed by atoms with E-state index in [-0.39, 0.29) is 17.6 Å². The molecule has 3 rings (SSSR count). The van der Waals surface area contributed by atoms with Gasteiger partial charge in [0.1, 0.15) is 5.75 Å². The Labute approximate surface area is 169 Å². The minimum Gasteiger partial charge on any atom is -0.508 e. The maximum atomic E-state index is 12.3. The zero-order valence-corrected chi connectivity index (χ0v) is 16.8. The Hall–Kier alpha value is -3.07. The summed E-state index contributed by atoms with van der Waals surface area (Å²) in [6.07, 6.45) is 2.29. The van der Waals surface area contributed by atoms with Crippen LogP contribution in [-0.2, 0) is 16.4 Å². The summed E-state index contributed by atoms with van der Waals surface area (Å²) < 4.78 is 24.9. The monoisotopic (exact) mass is 417 g/mol. The van der Waals surface area contributed by atoms with Crippen molar-refractivity contribution in [3.05, 3.63) is 59.2 Å². The fraction of sp³-hybridized carbons (Fsp3) is 0.300. The zero-order valence-electron chi connectivity index (χ0n) is 16.0. The van der Waals surface area contributed by atoms with E-state index in [9.17, 15) is 23.1 Å². The summed E-state index contributed by atoms with van der Waals surface area (Å²) in [5, 5.41) is 14.9. The molecule has 0 bridgehead atoms. The van der Waals surface area contributed by atoms with Gasteiger partial charge in [-0.3, -0.25) is 13.9 Å². The van der Waals surface area contributed by atoms with Gasteiger partial charge < -0.3 is 15.7 Å². The minimum absolute atomic E-state index is 0.0268. The van der Waals surface area contributed by atoms with E-state index >= 15 is 0 Å². The number of rotatable bonds is 7. The number of phenolic OH excluding ortho intramolecular Hbond substituents is 1. The van der Waals surface area contributed by atoms with Crippen molar-refractivity contribution >= 4 is 27.5 Å². The zero-order chi connectivity index (χ0) is 21.0. The van der Waals surface area contributed by atoms with Gasteiger partial charge in [-0.1, -0.05) is 6.07 Å². The Balaban J connectivity index is 1.46. The third-order valence-electron chi connectivity index (χ3n) is 4.63. The largest absolute Gasteiger partial charge is 0.508 e. The molecule has 1 aliphatic heterocycles. The number of aromatic hydroxyl groups is 1. The molecule has 0 saturated carbocycles. The van der Waals surface area contributed by atoms with Gasteiger partial charge in [-0.25, -0.2) is 8.42 Å². The van der Waals surface area contributed by atoms with Crippen LogP contribution in [0.5, 0.6) is 5.75 Å². The topological polar surface area (TPSA) is 116 Å². The smallest absolute Gasteiger partial charge is 0.251 e. The van der Waals surface area contributed by atoms with Crippen molar-refractivity contribution in [2.45, 2.75) is 12.8 Å². The van der Waals surface area contributed by atoms with E-state index in [2.05, 4.69) is 10.6 Å². The van der Waals surface area contributed by atoms with Crippen molar-refractivity contribution in [3.63, 3.8) is 0 Å². The molecule has 8 nitrogen and oxygen atoms in total. The molecule has 0 aromatic heterocycles. The SMILES string of the molecule is CS(=O)(=O)N1CCc2cc(C(=O)NCCCNC(=O)c3cccc(O)c3)ccc21. The number of carbonyl (C=O) groups excluding carboxylic acids is 2. The number of phenols is 1. The van der Waals surface area contributed by atoms with Crippen molar-refractivity contribution in [1.29, 1.82) is 0 Å². The molecule has 0 unspecified atom stereocenters. The average molecular weight is 417 g/mol. The highest BCUT2D eigenvalue weighted by atomic mass is 32.2. The number of anilines is 1. The predicted octanol–water partition coefficient (Wildman–Crippen LogP) is 1.26. The second kappa shape index (κ2) is 8.52. The molecular weight excluding hydrogens is 394 g/mol. The Morgan fingerprint density at radius 2 is 1.69 bits per heavy atom. The van der Waals surface area contributed by atoms with Crippen molar-refractivity contribution in [3.8, 4) is 5.75 Å². The molecule has 1 aliphatic rings. The fourth-order valence-electron chi connectivity index (χ4n) is 3.20. The number of carbonyl (C=O) groups is 2. The van der Waals surface area contributed by atoms with Gasteiger partial charge >= 0.3 is 0 Å². The van der Waals surface area contributed by atoms with Gasteiger partial charge in [0.2, 0.25) is 10.0 Å². The first-order valence-corrected chi connectivity index (χ1v) is 11.1. The molecule has 0 aliphatic carbocycles. The van der Waals surface area contributed by atoms with Crippen molar-refractivity contribution < 1.29 is 23.1 Å². The van der Waals surface area contributed by atoms with Gasteiger partial charge in [0.25, 0.3) is 11.8 Å². The summed E-state index contributed by atoms with van der Waals surface area (Å²) in [4.78, 5) is 24.3. The number of hydrogen-bond acceptors (Lipinski definition) is 5. The lowest BCUT2D eigenvalue weighted by Gasteiger charge is -2.16. The molecule has 2 aromatic carbocycles. The van der Waals surface area contributed by atoms with E-state index in [1.54, 1.807) is 30.3 Å². The van der Waals surface area contributed by atoms with Crippen LogP contribution >= 0.6 is 0 Å². The molecule has 0 radical (unpaired) electrons. The summed E-state index contributed by atoms with van der Waals surface area (Å²) >= 11 is 0. The highest BCUT2D eigenvalue weighted by Gasteiger charge is 2.26. The Morgan fingerprint density at radius 3 is 2.31 bits per heavy atom. The standard InChI is InChI=1S/C20H23N3O5S/c1-29(27,28)23-11-8-14-12-16(6-7-18(14)23)20(26)22-10-3-9-21-19(25)15-4-2-5-17(24)13-15/h2,4-7,12-13,24H,3,8-11H2,1H3,(H,21,25)(H,22,26). The first-order chi connectivity index (χ1) is 13.8. The quantitative estimate of drug-likeness (QED) is 0.587. The Kier molecular flexibility index (Phi) is 6.07. The first kappa shape index (κ1) is 20.7. The highest BCUT2D eigenvalue weighted by molar-refractivity contribution is 7.92. The summed E-state index contributed by atoms with van der Waals surface area (Å²) in [6.45, 7) is 1.14. The second-order valence-corrected chi connectivity index (χ2v) is 8.75. The molecule has 2 amide bonds. The van der Waals surface area contributed by atoms with Gasteiger partial charge in [-0.05, 0) is 54.8 Å². The van der Waals surface area contributed by atoms with E-state index < -0.39 is 10.0 Å². The lowest BCUT2D eigenvalue weighted by atomic mass is 10.1. The predicted molar refractivity (Wildman–Crippen MR) is 110 cm³/mol. The molecule has 2 aromatic rings. The molecule has 1 heterocycles. The van der Waals surface area contributed by atoms with Crippen LogP contribution in [0.2, 0.25) is 0 Å². The van der Waals surface area contributed by atoms with E-state index in [0.29, 0.717) is 49.3 Å². The molecule has 0 spiro atoms. The van der Waals surface area contributed by atoms with Crippen molar-refractivity contribution in [2.24, 2.45) is 0 Å². The van der Waals surface area contributed by atoms with Crippen LogP contribution in [0.4, 0.5) is 5.69 Å². The van der Waals surface area contributed by atoms with Crippen LogP contribution in [0.1, 0.15) is 32.7 Å². The van der Waals surface area contributed by atoms with Crippen molar-refractivity contribution in [2.75, 3.05) is 30.2 Å². The van der Waals surface area contributed by atoms with Crippen LogP contribution in [0, 0.1) is 0 Å². The Morgan fingerprint density at radius 1 is 1.03 bits per heavy atom. The number of nitrogens with one attached hydrogen (secondary N) is 2. The summed E-state index contributed by atoms with van der Waals surface area (Å²) in [5.41, 5.74) is 2.30. The van der Waals surface area contributed by atoms with E-state index in [1.165, 1.54) is 22.7 Å². The van der Waals surface area contributed by atoms with Gasteiger partial charge in [0.05, 0.1) is 11.9 Å². The molecule has 9 heteroatoms. The maximum absolute atomic E-state index is 12.3. The maximum Gasteiger partial charge on any atom is 0.251 e. The fourth-order valence-corrected chi connectivity index (χ4v) is 4.16. The Bertz CT molecular complexity index is 1040. The van der Waals surface area contributed by atoms with Crippen LogP contribution in [-0.4, -0.2) is 51.2 Å². The van der Waals surface area contributed by atoms with Crippen LogP contribution < -0.4 is 14.9 Å². The second-order valence-electron chi connectivity index (χ2n) is 6.84. The molecule has 154 valence electrons. The number of benzene rings is 2. The molecule has 3 N–H and O–H groups in total.